The lowest BCUT2D eigenvalue weighted by Gasteiger charge is -2.48. The van der Waals surface area contributed by atoms with Crippen molar-refractivity contribution < 1.29 is 5.11 Å². The molecule has 0 radical (unpaired) electrons. The summed E-state index contributed by atoms with van der Waals surface area (Å²) in [5.74, 6) is 0.359. The molecule has 1 aliphatic carbocycles. The van der Waals surface area contributed by atoms with Gasteiger partial charge in [-0.3, -0.25) is 0 Å². The fourth-order valence-corrected chi connectivity index (χ4v) is 4.29. The molecule has 0 bridgehead atoms. The van der Waals surface area contributed by atoms with E-state index in [0.29, 0.717) is 10.9 Å². The highest BCUT2D eigenvalue weighted by Crippen LogP contribution is 2.41. The predicted octanol–water partition coefficient (Wildman–Crippen LogP) is 3.21. The number of piperidine rings is 1. The van der Waals surface area contributed by atoms with Crippen LogP contribution in [0.15, 0.2) is 22.7 Å². The van der Waals surface area contributed by atoms with E-state index in [1.807, 2.05) is 12.1 Å². The van der Waals surface area contributed by atoms with Gasteiger partial charge in [0, 0.05) is 34.7 Å². The Kier molecular flexibility index (Phi) is 4.26. The summed E-state index contributed by atoms with van der Waals surface area (Å²) in [6.07, 6.45) is 5.28. The molecule has 3 N–H and O–H groups in total. The van der Waals surface area contributed by atoms with Crippen molar-refractivity contribution in [3.63, 3.8) is 0 Å². The largest absolute Gasteiger partial charge is 0.389 e. The van der Waals surface area contributed by atoms with Crippen molar-refractivity contribution in [2.75, 3.05) is 18.0 Å². The summed E-state index contributed by atoms with van der Waals surface area (Å²) in [6.45, 7) is 1.75. The normalized spacial score (nSPS) is 29.0. The number of aliphatic hydroxyl groups is 1. The van der Waals surface area contributed by atoms with Crippen LogP contribution in [0.1, 0.15) is 37.7 Å². The van der Waals surface area contributed by atoms with E-state index in [1.54, 1.807) is 0 Å². The van der Waals surface area contributed by atoms with E-state index >= 15 is 0 Å². The first kappa shape index (κ1) is 15.3. The van der Waals surface area contributed by atoms with Crippen molar-refractivity contribution in [1.29, 1.82) is 0 Å². The Morgan fingerprint density at radius 2 is 2.19 bits per heavy atom. The average Bonchev–Trinajstić information content (AvgIpc) is 2.45. The van der Waals surface area contributed by atoms with E-state index in [4.69, 9.17) is 18.0 Å². The van der Waals surface area contributed by atoms with Crippen molar-refractivity contribution in [2.45, 2.75) is 37.7 Å². The number of fused-ring (bicyclic) bond motifs is 1. The number of nitrogens with zero attached hydrogens (tertiary/aromatic N) is 1. The van der Waals surface area contributed by atoms with Crippen molar-refractivity contribution >= 4 is 38.8 Å². The Morgan fingerprint density at radius 1 is 1.38 bits per heavy atom. The maximum absolute atomic E-state index is 10.8. The summed E-state index contributed by atoms with van der Waals surface area (Å²) in [5, 5.41) is 10.8. The molecule has 5 heteroatoms. The van der Waals surface area contributed by atoms with Crippen LogP contribution in [-0.2, 0) is 0 Å². The zero-order chi connectivity index (χ0) is 15.0. The van der Waals surface area contributed by atoms with Crippen LogP contribution >= 0.6 is 28.1 Å². The molecule has 2 unspecified atom stereocenters. The summed E-state index contributed by atoms with van der Waals surface area (Å²) >= 11 is 8.72. The molecular formula is C16H21BrN2OS. The minimum atomic E-state index is -0.454. The van der Waals surface area contributed by atoms with Gasteiger partial charge in [0.2, 0.25) is 0 Å². The summed E-state index contributed by atoms with van der Waals surface area (Å²) in [6, 6.07) is 6.03. The van der Waals surface area contributed by atoms with Crippen LogP contribution in [0.5, 0.6) is 0 Å². The fraction of sp³-hybridized carbons (Fsp3) is 0.562. The molecule has 1 saturated carbocycles. The molecule has 21 heavy (non-hydrogen) atoms. The number of hydrogen-bond donors (Lipinski definition) is 2. The highest BCUT2D eigenvalue weighted by Gasteiger charge is 2.43. The number of anilines is 1. The second kappa shape index (κ2) is 5.86. The third kappa shape index (κ3) is 2.96. The molecule has 1 aromatic carbocycles. The van der Waals surface area contributed by atoms with Gasteiger partial charge in [0.05, 0.1) is 5.60 Å². The van der Waals surface area contributed by atoms with Gasteiger partial charge < -0.3 is 15.7 Å². The summed E-state index contributed by atoms with van der Waals surface area (Å²) in [4.78, 5) is 2.77. The maximum atomic E-state index is 10.8. The Balaban J connectivity index is 1.88. The quantitative estimate of drug-likeness (QED) is 0.786. The second-order valence-electron chi connectivity index (χ2n) is 6.27. The molecule has 1 saturated heterocycles. The Morgan fingerprint density at radius 3 is 2.95 bits per heavy atom. The zero-order valence-corrected chi connectivity index (χ0v) is 14.4. The lowest BCUT2D eigenvalue weighted by Crippen LogP contribution is -2.53. The average molecular weight is 369 g/mol. The Bertz CT molecular complexity index is 565. The van der Waals surface area contributed by atoms with Gasteiger partial charge >= 0.3 is 0 Å². The van der Waals surface area contributed by atoms with Gasteiger partial charge in [-0.05, 0) is 37.5 Å². The van der Waals surface area contributed by atoms with E-state index in [9.17, 15) is 5.11 Å². The molecule has 114 valence electrons. The van der Waals surface area contributed by atoms with E-state index in [0.717, 1.165) is 54.5 Å². The van der Waals surface area contributed by atoms with Crippen LogP contribution in [0, 0.1) is 5.92 Å². The molecule has 0 aromatic heterocycles. The standard InChI is InChI=1S/C16H21BrN2OS/c17-12-4-5-13(15(18)21)14(9-12)19-8-7-16(20)6-2-1-3-11(16)10-19/h4-5,9,11,20H,1-3,6-8,10H2,(H2,18,21). The smallest absolute Gasteiger partial charge is 0.106 e. The summed E-state index contributed by atoms with van der Waals surface area (Å²) < 4.78 is 1.03. The zero-order valence-electron chi connectivity index (χ0n) is 12.0. The molecule has 0 amide bonds. The monoisotopic (exact) mass is 368 g/mol. The van der Waals surface area contributed by atoms with Gasteiger partial charge in [-0.25, -0.2) is 0 Å². The SMILES string of the molecule is NC(=S)c1ccc(Br)cc1N1CCC2(O)CCCCC2C1. The van der Waals surface area contributed by atoms with Gasteiger partial charge in [0.1, 0.15) is 4.99 Å². The fourth-order valence-electron chi connectivity index (χ4n) is 3.76. The van der Waals surface area contributed by atoms with E-state index in [2.05, 4.69) is 26.9 Å². The van der Waals surface area contributed by atoms with Crippen LogP contribution in [0.25, 0.3) is 0 Å². The first-order valence-electron chi connectivity index (χ1n) is 7.56. The molecule has 0 spiro atoms. The Hall–Kier alpha value is -0.650. The Labute approximate surface area is 139 Å². The molecule has 2 aliphatic rings. The van der Waals surface area contributed by atoms with Crippen molar-refractivity contribution in [2.24, 2.45) is 11.7 Å². The van der Waals surface area contributed by atoms with Crippen molar-refractivity contribution in [3.05, 3.63) is 28.2 Å². The number of benzene rings is 1. The molecule has 3 rings (SSSR count). The van der Waals surface area contributed by atoms with E-state index < -0.39 is 5.60 Å². The number of hydrogen-bond acceptors (Lipinski definition) is 3. The first-order chi connectivity index (χ1) is 9.99. The van der Waals surface area contributed by atoms with Crippen molar-refractivity contribution in [1.82, 2.24) is 0 Å². The maximum Gasteiger partial charge on any atom is 0.106 e. The molecule has 2 atom stereocenters. The summed E-state index contributed by atoms with van der Waals surface area (Å²) in [5.41, 5.74) is 7.43. The molecule has 2 fully saturated rings. The second-order valence-corrected chi connectivity index (χ2v) is 7.62. The molecule has 3 nitrogen and oxygen atoms in total. The van der Waals surface area contributed by atoms with Gasteiger partial charge in [-0.1, -0.05) is 41.0 Å². The number of nitrogens with two attached hydrogens (primary N) is 1. The highest BCUT2D eigenvalue weighted by molar-refractivity contribution is 9.10. The first-order valence-corrected chi connectivity index (χ1v) is 8.76. The lowest BCUT2D eigenvalue weighted by molar-refractivity contribution is -0.0612. The highest BCUT2D eigenvalue weighted by atomic mass is 79.9. The minimum absolute atomic E-state index is 0.359. The number of halogens is 1. The molecule has 1 aromatic rings. The third-order valence-corrected chi connectivity index (χ3v) is 5.71. The number of rotatable bonds is 2. The molecular weight excluding hydrogens is 348 g/mol. The molecule has 1 heterocycles. The van der Waals surface area contributed by atoms with Gasteiger partial charge in [0.25, 0.3) is 0 Å². The van der Waals surface area contributed by atoms with Crippen LogP contribution in [0.4, 0.5) is 5.69 Å². The minimum Gasteiger partial charge on any atom is -0.389 e. The van der Waals surface area contributed by atoms with E-state index in [1.165, 1.54) is 6.42 Å². The molecule has 1 aliphatic heterocycles. The van der Waals surface area contributed by atoms with Gasteiger partial charge in [-0.2, -0.15) is 0 Å². The van der Waals surface area contributed by atoms with Crippen LogP contribution in [-0.4, -0.2) is 28.8 Å². The van der Waals surface area contributed by atoms with Crippen LogP contribution < -0.4 is 10.6 Å². The topological polar surface area (TPSA) is 49.5 Å². The van der Waals surface area contributed by atoms with Crippen LogP contribution in [0.3, 0.4) is 0 Å². The van der Waals surface area contributed by atoms with Gasteiger partial charge in [-0.15, -0.1) is 0 Å². The third-order valence-electron chi connectivity index (χ3n) is 4.99. The van der Waals surface area contributed by atoms with Gasteiger partial charge in [0.15, 0.2) is 0 Å². The van der Waals surface area contributed by atoms with E-state index in [-0.39, 0.29) is 0 Å². The number of thiocarbonyl (C=S) groups is 1. The van der Waals surface area contributed by atoms with Crippen molar-refractivity contribution in [3.8, 4) is 0 Å². The summed E-state index contributed by atoms with van der Waals surface area (Å²) in [7, 11) is 0. The van der Waals surface area contributed by atoms with Crippen LogP contribution in [0.2, 0.25) is 0 Å². The lowest BCUT2D eigenvalue weighted by atomic mass is 9.71. The predicted molar refractivity (Wildman–Crippen MR) is 93.8 cm³/mol.